The molecule has 1 amide bonds. The van der Waals surface area contributed by atoms with Gasteiger partial charge >= 0.3 is 0 Å². The van der Waals surface area contributed by atoms with Gasteiger partial charge in [0.25, 0.3) is 11.6 Å². The number of hydrogen-bond donors (Lipinski definition) is 1. The van der Waals surface area contributed by atoms with E-state index in [9.17, 15) is 14.9 Å². The van der Waals surface area contributed by atoms with E-state index in [1.54, 1.807) is 36.4 Å². The Bertz CT molecular complexity index is 1320. The van der Waals surface area contributed by atoms with Crippen molar-refractivity contribution in [1.82, 2.24) is 4.98 Å². The fourth-order valence-corrected chi connectivity index (χ4v) is 3.48. The molecule has 0 aliphatic heterocycles. The van der Waals surface area contributed by atoms with Crippen LogP contribution in [0.4, 0.5) is 11.4 Å². The third kappa shape index (κ3) is 4.02. The average Bonchev–Trinajstić information content (AvgIpc) is 3.13. The Hall–Kier alpha value is -2.94. The summed E-state index contributed by atoms with van der Waals surface area (Å²) in [6.07, 6.45) is 0. The molecule has 10 heteroatoms. The molecular weight excluding hydrogens is 497 g/mol. The van der Waals surface area contributed by atoms with Crippen LogP contribution in [-0.2, 0) is 0 Å². The van der Waals surface area contributed by atoms with E-state index < -0.39 is 10.8 Å². The molecule has 0 aliphatic carbocycles. The molecule has 150 valence electrons. The van der Waals surface area contributed by atoms with Crippen LogP contribution in [0.15, 0.2) is 63.5 Å². The van der Waals surface area contributed by atoms with Crippen LogP contribution < -0.4 is 5.32 Å². The van der Waals surface area contributed by atoms with Crippen molar-refractivity contribution in [1.29, 1.82) is 0 Å². The monoisotopic (exact) mass is 505 g/mol. The highest BCUT2D eigenvalue weighted by molar-refractivity contribution is 9.10. The van der Waals surface area contributed by atoms with Crippen molar-refractivity contribution >= 4 is 67.5 Å². The SMILES string of the molecule is O=C(Nc1ccc2oc(-c3ccc(Cl)c(Cl)c3)nc2c1)c1cc([N+](=O)[O-])ccc1Br. The number of non-ortho nitro benzene ring substituents is 1. The maximum absolute atomic E-state index is 12.6. The van der Waals surface area contributed by atoms with Crippen LogP contribution in [0.1, 0.15) is 10.4 Å². The first kappa shape index (κ1) is 20.3. The molecule has 3 aromatic carbocycles. The molecule has 4 aromatic rings. The third-order valence-corrected chi connectivity index (χ3v) is 5.65. The molecule has 4 rings (SSSR count). The van der Waals surface area contributed by atoms with E-state index in [1.807, 2.05) is 0 Å². The normalized spacial score (nSPS) is 10.9. The lowest BCUT2D eigenvalue weighted by Gasteiger charge is -2.06. The predicted molar refractivity (Wildman–Crippen MR) is 118 cm³/mol. The van der Waals surface area contributed by atoms with Gasteiger partial charge in [0.1, 0.15) is 5.52 Å². The number of fused-ring (bicyclic) bond motifs is 1. The predicted octanol–water partition coefficient (Wildman–Crippen LogP) is 6.72. The largest absolute Gasteiger partial charge is 0.436 e. The van der Waals surface area contributed by atoms with Gasteiger partial charge in [-0.05, 0) is 58.4 Å². The summed E-state index contributed by atoms with van der Waals surface area (Å²) in [5.74, 6) is -0.147. The van der Waals surface area contributed by atoms with Crippen molar-refractivity contribution in [2.75, 3.05) is 5.32 Å². The summed E-state index contributed by atoms with van der Waals surface area (Å²) in [6, 6.07) is 14.0. The Morgan fingerprint density at radius 3 is 2.60 bits per heavy atom. The molecule has 7 nitrogen and oxygen atoms in total. The number of nitro groups is 1. The smallest absolute Gasteiger partial charge is 0.270 e. The van der Waals surface area contributed by atoms with Crippen LogP contribution in [0.3, 0.4) is 0 Å². The second-order valence-corrected chi connectivity index (χ2v) is 7.87. The van der Waals surface area contributed by atoms with E-state index in [0.29, 0.717) is 42.8 Å². The van der Waals surface area contributed by atoms with Crippen LogP contribution in [-0.4, -0.2) is 15.8 Å². The Balaban J connectivity index is 1.63. The average molecular weight is 507 g/mol. The van der Waals surface area contributed by atoms with Crippen LogP contribution in [0, 0.1) is 10.1 Å². The van der Waals surface area contributed by atoms with Gasteiger partial charge in [-0.15, -0.1) is 0 Å². The van der Waals surface area contributed by atoms with Gasteiger partial charge in [-0.3, -0.25) is 14.9 Å². The topological polar surface area (TPSA) is 98.3 Å². The molecule has 1 aromatic heterocycles. The molecule has 0 radical (unpaired) electrons. The summed E-state index contributed by atoms with van der Waals surface area (Å²) in [7, 11) is 0. The van der Waals surface area contributed by atoms with Gasteiger partial charge in [0.05, 0.1) is 20.5 Å². The number of rotatable bonds is 4. The zero-order valence-corrected chi connectivity index (χ0v) is 18.0. The first-order valence-electron chi connectivity index (χ1n) is 8.43. The second-order valence-electron chi connectivity index (χ2n) is 6.21. The van der Waals surface area contributed by atoms with Crippen molar-refractivity contribution in [3.8, 4) is 11.5 Å². The van der Waals surface area contributed by atoms with Gasteiger partial charge in [-0.1, -0.05) is 23.2 Å². The fraction of sp³-hybridized carbons (Fsp3) is 0. The molecule has 0 saturated heterocycles. The second kappa shape index (κ2) is 8.06. The lowest BCUT2D eigenvalue weighted by atomic mass is 10.2. The summed E-state index contributed by atoms with van der Waals surface area (Å²) in [5, 5.41) is 14.5. The van der Waals surface area contributed by atoms with Gasteiger partial charge in [-0.2, -0.15) is 0 Å². The number of nitrogens with zero attached hydrogens (tertiary/aromatic N) is 2. The number of nitrogens with one attached hydrogen (secondary N) is 1. The third-order valence-electron chi connectivity index (χ3n) is 4.22. The molecule has 1 heterocycles. The maximum atomic E-state index is 12.6. The zero-order chi connectivity index (χ0) is 21.4. The van der Waals surface area contributed by atoms with E-state index in [-0.39, 0.29) is 11.3 Å². The number of halogens is 3. The summed E-state index contributed by atoms with van der Waals surface area (Å²) in [6.45, 7) is 0. The lowest BCUT2D eigenvalue weighted by molar-refractivity contribution is -0.384. The number of aromatic nitrogens is 1. The molecule has 0 fully saturated rings. The Kier molecular flexibility index (Phi) is 5.46. The number of hydrogen-bond acceptors (Lipinski definition) is 5. The summed E-state index contributed by atoms with van der Waals surface area (Å²) in [4.78, 5) is 27.5. The van der Waals surface area contributed by atoms with E-state index >= 15 is 0 Å². The van der Waals surface area contributed by atoms with Crippen molar-refractivity contribution in [2.45, 2.75) is 0 Å². The fourth-order valence-electron chi connectivity index (χ4n) is 2.76. The minimum Gasteiger partial charge on any atom is -0.436 e. The van der Waals surface area contributed by atoms with Gasteiger partial charge < -0.3 is 9.73 Å². The molecule has 0 unspecified atom stereocenters. The van der Waals surface area contributed by atoms with Crippen molar-refractivity contribution in [2.24, 2.45) is 0 Å². The quantitative estimate of drug-likeness (QED) is 0.244. The first-order chi connectivity index (χ1) is 14.3. The minimum atomic E-state index is -0.560. The van der Waals surface area contributed by atoms with Crippen LogP contribution in [0.5, 0.6) is 0 Å². The zero-order valence-electron chi connectivity index (χ0n) is 14.9. The minimum absolute atomic E-state index is 0.140. The standard InChI is InChI=1S/C20H10BrCl2N3O4/c21-14-4-3-12(26(28)29)9-13(14)19(27)24-11-2-6-18-17(8-11)25-20(30-18)10-1-5-15(22)16(23)7-10/h1-9H,(H,24,27). The van der Waals surface area contributed by atoms with Crippen LogP contribution in [0.2, 0.25) is 10.0 Å². The van der Waals surface area contributed by atoms with Crippen LogP contribution in [0.25, 0.3) is 22.6 Å². The van der Waals surface area contributed by atoms with E-state index in [4.69, 9.17) is 27.6 Å². The van der Waals surface area contributed by atoms with Gasteiger partial charge in [-0.25, -0.2) is 4.98 Å². The molecule has 30 heavy (non-hydrogen) atoms. The van der Waals surface area contributed by atoms with Crippen LogP contribution >= 0.6 is 39.1 Å². The molecule has 0 spiro atoms. The molecular formula is C20H10BrCl2N3O4. The number of anilines is 1. The number of carbonyl (C=O) groups excluding carboxylic acids is 1. The number of oxazole rings is 1. The number of benzene rings is 3. The summed E-state index contributed by atoms with van der Waals surface area (Å²) in [5.41, 5.74) is 2.12. The van der Waals surface area contributed by atoms with E-state index in [0.717, 1.165) is 0 Å². The first-order valence-corrected chi connectivity index (χ1v) is 9.98. The highest BCUT2D eigenvalue weighted by atomic mass is 79.9. The number of nitro benzene ring substituents is 1. The van der Waals surface area contributed by atoms with Gasteiger partial charge in [0.15, 0.2) is 5.58 Å². The molecule has 0 saturated carbocycles. The molecule has 0 aliphatic rings. The Labute approximate surface area is 187 Å². The Morgan fingerprint density at radius 2 is 1.87 bits per heavy atom. The maximum Gasteiger partial charge on any atom is 0.270 e. The van der Waals surface area contributed by atoms with Gasteiger partial charge in [0.2, 0.25) is 5.89 Å². The highest BCUT2D eigenvalue weighted by Gasteiger charge is 2.17. The summed E-state index contributed by atoms with van der Waals surface area (Å²) < 4.78 is 6.19. The van der Waals surface area contributed by atoms with Gasteiger partial charge in [0, 0.05) is 27.9 Å². The Morgan fingerprint density at radius 1 is 1.07 bits per heavy atom. The summed E-state index contributed by atoms with van der Waals surface area (Å²) >= 11 is 15.2. The molecule has 0 bridgehead atoms. The number of amides is 1. The van der Waals surface area contributed by atoms with E-state index in [1.165, 1.54) is 18.2 Å². The number of carbonyl (C=O) groups is 1. The van der Waals surface area contributed by atoms with E-state index in [2.05, 4.69) is 26.2 Å². The molecule has 1 N–H and O–H groups in total. The van der Waals surface area contributed by atoms with Crippen molar-refractivity contribution < 1.29 is 14.1 Å². The van der Waals surface area contributed by atoms with Crippen molar-refractivity contribution in [3.05, 3.63) is 84.8 Å². The van der Waals surface area contributed by atoms with Crippen molar-refractivity contribution in [3.63, 3.8) is 0 Å². The molecule has 0 atom stereocenters. The highest BCUT2D eigenvalue weighted by Crippen LogP contribution is 2.31. The lowest BCUT2D eigenvalue weighted by Crippen LogP contribution is -2.12.